The minimum absolute atomic E-state index is 0.112. The number of nitrogens with zero attached hydrogens (tertiary/aromatic N) is 2. The molecule has 7 nitrogen and oxygen atoms in total. The Kier molecular flexibility index (Phi) is 7.13. The maximum absolute atomic E-state index is 12.8. The van der Waals surface area contributed by atoms with E-state index < -0.39 is 24.0 Å². The minimum atomic E-state index is -0.830. The van der Waals surface area contributed by atoms with Crippen LogP contribution in [0.15, 0.2) is 23.1 Å². The number of carbonyl (C=O) groups is 2. The van der Waals surface area contributed by atoms with Gasteiger partial charge in [-0.3, -0.25) is 4.79 Å². The van der Waals surface area contributed by atoms with E-state index in [0.29, 0.717) is 35.3 Å². The Morgan fingerprint density at radius 1 is 1.26 bits per heavy atom. The Morgan fingerprint density at radius 3 is 2.68 bits per heavy atom. The van der Waals surface area contributed by atoms with Crippen LogP contribution in [0.3, 0.4) is 0 Å². The fourth-order valence-corrected chi connectivity index (χ4v) is 4.40. The lowest BCUT2D eigenvalue weighted by molar-refractivity contribution is -0.159. The first kappa shape index (κ1) is 23.0. The second-order valence-corrected chi connectivity index (χ2v) is 8.91. The summed E-state index contributed by atoms with van der Waals surface area (Å²) in [5, 5.41) is 0.348. The molecule has 3 rings (SSSR count). The number of carbonyl (C=O) groups excluding carboxylic acids is 2. The lowest BCUT2D eigenvalue weighted by Gasteiger charge is -2.36. The van der Waals surface area contributed by atoms with Gasteiger partial charge >= 0.3 is 11.9 Å². The van der Waals surface area contributed by atoms with E-state index in [1.165, 1.54) is 6.20 Å². The SMILES string of the molecule is CCn1cc(C(=O)OCC(=O)O[C@@H]2C[C@@H](C)CC[C@H]2C(C)C)c(=O)c2ccc(C)nc21. The van der Waals surface area contributed by atoms with Gasteiger partial charge in [0.1, 0.15) is 17.3 Å². The first-order valence-electron chi connectivity index (χ1n) is 11.1. The fraction of sp³-hybridized carbons (Fsp3) is 0.583. The van der Waals surface area contributed by atoms with E-state index in [1.807, 2.05) is 13.8 Å². The molecule has 1 fully saturated rings. The molecular weight excluding hydrogens is 396 g/mol. The van der Waals surface area contributed by atoms with Crippen molar-refractivity contribution in [1.82, 2.24) is 9.55 Å². The summed E-state index contributed by atoms with van der Waals surface area (Å²) in [7, 11) is 0. The third-order valence-corrected chi connectivity index (χ3v) is 6.19. The zero-order valence-corrected chi connectivity index (χ0v) is 19.0. The molecule has 0 spiro atoms. The van der Waals surface area contributed by atoms with Crippen molar-refractivity contribution in [2.24, 2.45) is 17.8 Å². The third-order valence-electron chi connectivity index (χ3n) is 6.19. The Hall–Kier alpha value is -2.70. The molecule has 2 aromatic heterocycles. The highest BCUT2D eigenvalue weighted by molar-refractivity contribution is 5.94. The molecule has 0 radical (unpaired) electrons. The molecule has 0 saturated heterocycles. The van der Waals surface area contributed by atoms with Crippen LogP contribution in [0, 0.1) is 24.7 Å². The van der Waals surface area contributed by atoms with Gasteiger partial charge in [0.05, 0.1) is 5.39 Å². The predicted octanol–water partition coefficient (Wildman–Crippen LogP) is 3.89. The van der Waals surface area contributed by atoms with E-state index in [2.05, 4.69) is 25.8 Å². The van der Waals surface area contributed by atoms with E-state index in [9.17, 15) is 14.4 Å². The van der Waals surface area contributed by atoms with Crippen molar-refractivity contribution in [3.63, 3.8) is 0 Å². The van der Waals surface area contributed by atoms with Crippen LogP contribution in [-0.4, -0.2) is 34.2 Å². The van der Waals surface area contributed by atoms with Crippen molar-refractivity contribution >= 4 is 23.0 Å². The normalized spacial score (nSPS) is 21.3. The molecule has 2 aromatic rings. The molecule has 1 aliphatic carbocycles. The van der Waals surface area contributed by atoms with Crippen molar-refractivity contribution in [3.8, 4) is 0 Å². The van der Waals surface area contributed by atoms with Gasteiger partial charge < -0.3 is 14.0 Å². The lowest BCUT2D eigenvalue weighted by atomic mass is 9.75. The van der Waals surface area contributed by atoms with Crippen molar-refractivity contribution in [3.05, 3.63) is 39.8 Å². The summed E-state index contributed by atoms with van der Waals surface area (Å²) in [6, 6.07) is 3.39. The fourth-order valence-electron chi connectivity index (χ4n) is 4.40. The van der Waals surface area contributed by atoms with Gasteiger partial charge in [0.25, 0.3) is 0 Å². The summed E-state index contributed by atoms with van der Waals surface area (Å²) in [6.45, 7) is 10.2. The second kappa shape index (κ2) is 9.62. The first-order valence-corrected chi connectivity index (χ1v) is 11.1. The molecule has 0 aliphatic heterocycles. The summed E-state index contributed by atoms with van der Waals surface area (Å²) in [5.74, 6) is -0.187. The molecule has 1 aliphatic rings. The van der Waals surface area contributed by atoms with E-state index in [4.69, 9.17) is 9.47 Å². The number of fused-ring (bicyclic) bond motifs is 1. The summed E-state index contributed by atoms with van der Waals surface area (Å²) in [6.07, 6.45) is 4.26. The smallest absolute Gasteiger partial charge is 0.344 e. The van der Waals surface area contributed by atoms with E-state index in [-0.39, 0.29) is 11.7 Å². The first-order chi connectivity index (χ1) is 14.7. The molecule has 0 amide bonds. The van der Waals surface area contributed by atoms with Crippen molar-refractivity contribution in [2.45, 2.75) is 66.5 Å². The van der Waals surface area contributed by atoms with Gasteiger partial charge in [-0.25, -0.2) is 14.6 Å². The van der Waals surface area contributed by atoms with Crippen LogP contribution in [0.1, 0.15) is 63.0 Å². The molecule has 0 bridgehead atoms. The Morgan fingerprint density at radius 2 is 2.00 bits per heavy atom. The van der Waals surface area contributed by atoms with Crippen LogP contribution < -0.4 is 5.43 Å². The number of pyridine rings is 2. The van der Waals surface area contributed by atoms with Crippen LogP contribution in [0.2, 0.25) is 0 Å². The van der Waals surface area contributed by atoms with Crippen molar-refractivity contribution in [1.29, 1.82) is 0 Å². The zero-order valence-electron chi connectivity index (χ0n) is 19.0. The van der Waals surface area contributed by atoms with E-state index in [1.54, 1.807) is 16.7 Å². The molecule has 1 saturated carbocycles. The molecule has 7 heteroatoms. The van der Waals surface area contributed by atoms with Gasteiger partial charge in [0.15, 0.2) is 6.61 Å². The van der Waals surface area contributed by atoms with Crippen molar-refractivity contribution in [2.75, 3.05) is 6.61 Å². The highest BCUT2D eigenvalue weighted by Crippen LogP contribution is 2.35. The highest BCUT2D eigenvalue weighted by Gasteiger charge is 2.33. The quantitative estimate of drug-likeness (QED) is 0.649. The van der Waals surface area contributed by atoms with Crippen molar-refractivity contribution < 1.29 is 19.1 Å². The topological polar surface area (TPSA) is 87.5 Å². The number of ether oxygens (including phenoxy) is 2. The maximum Gasteiger partial charge on any atom is 0.344 e. The minimum Gasteiger partial charge on any atom is -0.460 e. The standard InChI is InChI=1S/C24H32N2O5/c1-6-26-12-19(22(28)18-10-8-16(5)25-23(18)26)24(29)30-13-21(27)31-20-11-15(4)7-9-17(20)14(2)3/h8,10,12,14-15,17,20H,6-7,9,11,13H2,1-5H3/t15-,17-,20+/m0/s1. The monoisotopic (exact) mass is 428 g/mol. The average molecular weight is 429 g/mol. The summed E-state index contributed by atoms with van der Waals surface area (Å²) in [4.78, 5) is 42.2. The van der Waals surface area contributed by atoms with Crippen LogP contribution in [0.4, 0.5) is 0 Å². The molecule has 0 aromatic carbocycles. The largest absolute Gasteiger partial charge is 0.460 e. The lowest BCUT2D eigenvalue weighted by Crippen LogP contribution is -2.37. The molecule has 0 N–H and O–H groups in total. The maximum atomic E-state index is 12.8. The number of esters is 2. The van der Waals surface area contributed by atoms with Gasteiger partial charge in [-0.1, -0.05) is 27.2 Å². The van der Waals surface area contributed by atoms with Crippen LogP contribution in [0.25, 0.3) is 11.0 Å². The van der Waals surface area contributed by atoms with Crippen LogP contribution >= 0.6 is 0 Å². The second-order valence-electron chi connectivity index (χ2n) is 8.91. The van der Waals surface area contributed by atoms with Crippen LogP contribution in [0.5, 0.6) is 0 Å². The molecular formula is C24H32N2O5. The number of rotatable bonds is 6. The van der Waals surface area contributed by atoms with Gasteiger partial charge in [-0.05, 0) is 56.6 Å². The summed E-state index contributed by atoms with van der Waals surface area (Å²) in [5.41, 5.74) is 0.740. The third kappa shape index (κ3) is 5.14. The molecule has 31 heavy (non-hydrogen) atoms. The summed E-state index contributed by atoms with van der Waals surface area (Å²) >= 11 is 0. The molecule has 2 heterocycles. The summed E-state index contributed by atoms with van der Waals surface area (Å²) < 4.78 is 12.6. The number of aryl methyl sites for hydroxylation is 2. The van der Waals surface area contributed by atoms with E-state index >= 15 is 0 Å². The van der Waals surface area contributed by atoms with Gasteiger partial charge in [-0.15, -0.1) is 0 Å². The van der Waals surface area contributed by atoms with Gasteiger partial charge in [0, 0.05) is 18.4 Å². The highest BCUT2D eigenvalue weighted by atomic mass is 16.6. The average Bonchev–Trinajstić information content (AvgIpc) is 2.72. The molecule has 0 unspecified atom stereocenters. The number of hydrogen-bond donors (Lipinski definition) is 0. The Labute approximate surface area is 182 Å². The zero-order chi connectivity index (χ0) is 22.7. The molecule has 168 valence electrons. The Bertz CT molecular complexity index is 1030. The number of aromatic nitrogens is 2. The Balaban J connectivity index is 1.71. The predicted molar refractivity (Wildman–Crippen MR) is 118 cm³/mol. The van der Waals surface area contributed by atoms with Gasteiger partial charge in [0.2, 0.25) is 5.43 Å². The number of hydrogen-bond acceptors (Lipinski definition) is 6. The van der Waals surface area contributed by atoms with Crippen LogP contribution in [-0.2, 0) is 20.8 Å². The molecule has 3 atom stereocenters. The van der Waals surface area contributed by atoms with E-state index in [0.717, 1.165) is 25.0 Å². The van der Waals surface area contributed by atoms with Gasteiger partial charge in [-0.2, -0.15) is 0 Å².